The van der Waals surface area contributed by atoms with Crippen molar-refractivity contribution in [1.29, 1.82) is 0 Å². The SMILES string of the molecule is Cc1c(Br)cccc1Nc1cc(-c2cccnc2)nc(NC(C)C)n1. The van der Waals surface area contributed by atoms with Gasteiger partial charge in [-0.1, -0.05) is 22.0 Å². The Morgan fingerprint density at radius 3 is 2.64 bits per heavy atom. The lowest BCUT2D eigenvalue weighted by atomic mass is 10.2. The summed E-state index contributed by atoms with van der Waals surface area (Å²) in [5, 5.41) is 6.67. The Morgan fingerprint density at radius 2 is 1.92 bits per heavy atom. The van der Waals surface area contributed by atoms with Crippen LogP contribution >= 0.6 is 15.9 Å². The van der Waals surface area contributed by atoms with E-state index >= 15 is 0 Å². The summed E-state index contributed by atoms with van der Waals surface area (Å²) in [7, 11) is 0. The second-order valence-corrected chi connectivity index (χ2v) is 6.89. The third-order valence-electron chi connectivity index (χ3n) is 3.63. The molecule has 0 saturated heterocycles. The summed E-state index contributed by atoms with van der Waals surface area (Å²) in [4.78, 5) is 13.4. The van der Waals surface area contributed by atoms with Crippen LogP contribution in [0.15, 0.2) is 53.3 Å². The van der Waals surface area contributed by atoms with E-state index in [0.29, 0.717) is 5.95 Å². The Balaban J connectivity index is 2.01. The third-order valence-corrected chi connectivity index (χ3v) is 4.49. The number of anilines is 3. The standard InChI is InChI=1S/C19H20BrN5/c1-12(2)22-19-24-17(14-6-5-9-21-11-14)10-18(25-19)23-16-8-4-7-15(20)13(16)3/h4-12H,1-3H3,(H2,22,23,24,25). The van der Waals surface area contributed by atoms with Gasteiger partial charge in [-0.2, -0.15) is 4.98 Å². The molecule has 3 rings (SSSR count). The average Bonchev–Trinajstić information content (AvgIpc) is 2.59. The first-order valence-electron chi connectivity index (χ1n) is 8.11. The highest BCUT2D eigenvalue weighted by Crippen LogP contribution is 2.28. The molecule has 0 aliphatic rings. The molecule has 25 heavy (non-hydrogen) atoms. The summed E-state index contributed by atoms with van der Waals surface area (Å²) < 4.78 is 1.06. The molecule has 0 saturated carbocycles. The van der Waals surface area contributed by atoms with Crippen LogP contribution in [0.1, 0.15) is 19.4 Å². The van der Waals surface area contributed by atoms with Crippen LogP contribution < -0.4 is 10.6 Å². The number of halogens is 1. The summed E-state index contributed by atoms with van der Waals surface area (Å²) in [6.45, 7) is 6.18. The molecule has 128 valence electrons. The van der Waals surface area contributed by atoms with Crippen LogP contribution in [0.3, 0.4) is 0 Å². The number of benzene rings is 1. The van der Waals surface area contributed by atoms with Gasteiger partial charge in [0.15, 0.2) is 0 Å². The maximum absolute atomic E-state index is 4.61. The third kappa shape index (κ3) is 4.33. The topological polar surface area (TPSA) is 62.7 Å². The van der Waals surface area contributed by atoms with E-state index in [-0.39, 0.29) is 6.04 Å². The maximum Gasteiger partial charge on any atom is 0.225 e. The highest BCUT2D eigenvalue weighted by Gasteiger charge is 2.10. The van der Waals surface area contributed by atoms with Crippen molar-refractivity contribution in [2.45, 2.75) is 26.8 Å². The fraction of sp³-hybridized carbons (Fsp3) is 0.211. The zero-order chi connectivity index (χ0) is 17.8. The highest BCUT2D eigenvalue weighted by molar-refractivity contribution is 9.10. The zero-order valence-corrected chi connectivity index (χ0v) is 16.0. The minimum atomic E-state index is 0.240. The minimum Gasteiger partial charge on any atom is -0.352 e. The van der Waals surface area contributed by atoms with E-state index in [0.717, 1.165) is 32.8 Å². The average molecular weight is 398 g/mol. The molecule has 0 bridgehead atoms. The quantitative estimate of drug-likeness (QED) is 0.621. The molecule has 0 spiro atoms. The normalized spacial score (nSPS) is 10.8. The van der Waals surface area contributed by atoms with Crippen molar-refractivity contribution in [2.75, 3.05) is 10.6 Å². The van der Waals surface area contributed by atoms with E-state index in [9.17, 15) is 0 Å². The van der Waals surface area contributed by atoms with Crippen LogP contribution in [0.2, 0.25) is 0 Å². The Hall–Kier alpha value is -2.47. The molecule has 2 heterocycles. The van der Waals surface area contributed by atoms with Gasteiger partial charge in [0.25, 0.3) is 0 Å². The molecule has 0 amide bonds. The fourth-order valence-electron chi connectivity index (χ4n) is 2.38. The van der Waals surface area contributed by atoms with Crippen LogP contribution in [-0.2, 0) is 0 Å². The van der Waals surface area contributed by atoms with Crippen molar-refractivity contribution in [3.05, 3.63) is 58.8 Å². The van der Waals surface area contributed by atoms with Crippen molar-refractivity contribution in [3.63, 3.8) is 0 Å². The number of nitrogens with one attached hydrogen (secondary N) is 2. The number of hydrogen-bond donors (Lipinski definition) is 2. The van der Waals surface area contributed by atoms with E-state index in [1.165, 1.54) is 0 Å². The molecule has 0 aliphatic carbocycles. The minimum absolute atomic E-state index is 0.240. The lowest BCUT2D eigenvalue weighted by Gasteiger charge is -2.14. The van der Waals surface area contributed by atoms with E-state index in [1.807, 2.05) is 36.4 Å². The van der Waals surface area contributed by atoms with Crippen LogP contribution in [0.5, 0.6) is 0 Å². The first kappa shape index (κ1) is 17.4. The van der Waals surface area contributed by atoms with E-state index in [2.05, 4.69) is 62.3 Å². The van der Waals surface area contributed by atoms with Crippen molar-refractivity contribution in [2.24, 2.45) is 0 Å². The molecule has 1 aromatic carbocycles. The Labute approximate surface area is 156 Å². The maximum atomic E-state index is 4.61. The van der Waals surface area contributed by atoms with Gasteiger partial charge in [0.2, 0.25) is 5.95 Å². The fourth-order valence-corrected chi connectivity index (χ4v) is 2.74. The van der Waals surface area contributed by atoms with E-state index in [4.69, 9.17) is 0 Å². The lowest BCUT2D eigenvalue weighted by molar-refractivity contribution is 0.876. The predicted molar refractivity (Wildman–Crippen MR) is 106 cm³/mol. The summed E-state index contributed by atoms with van der Waals surface area (Å²) >= 11 is 3.56. The van der Waals surface area contributed by atoms with Gasteiger partial charge < -0.3 is 10.6 Å². The summed E-state index contributed by atoms with van der Waals surface area (Å²) in [6.07, 6.45) is 3.55. The van der Waals surface area contributed by atoms with Gasteiger partial charge in [-0.15, -0.1) is 0 Å². The van der Waals surface area contributed by atoms with Crippen LogP contribution in [0, 0.1) is 6.92 Å². The van der Waals surface area contributed by atoms with Crippen molar-refractivity contribution in [3.8, 4) is 11.3 Å². The van der Waals surface area contributed by atoms with Gasteiger partial charge in [-0.05, 0) is 50.6 Å². The number of pyridine rings is 1. The second kappa shape index (κ2) is 7.61. The van der Waals surface area contributed by atoms with Gasteiger partial charge >= 0.3 is 0 Å². The molecule has 3 aromatic rings. The number of aromatic nitrogens is 3. The number of rotatable bonds is 5. The molecular formula is C19H20BrN5. The smallest absolute Gasteiger partial charge is 0.225 e. The highest BCUT2D eigenvalue weighted by atomic mass is 79.9. The molecule has 2 N–H and O–H groups in total. The van der Waals surface area contributed by atoms with Crippen molar-refractivity contribution in [1.82, 2.24) is 15.0 Å². The van der Waals surface area contributed by atoms with Crippen LogP contribution in [0.4, 0.5) is 17.5 Å². The predicted octanol–water partition coefficient (Wildman–Crippen LogP) is 5.17. The molecule has 0 fully saturated rings. The summed E-state index contributed by atoms with van der Waals surface area (Å²) in [6, 6.07) is 12.1. The van der Waals surface area contributed by atoms with Gasteiger partial charge in [0.1, 0.15) is 5.82 Å². The van der Waals surface area contributed by atoms with Gasteiger partial charge in [-0.3, -0.25) is 4.98 Å². The molecular weight excluding hydrogens is 378 g/mol. The first-order chi connectivity index (χ1) is 12.0. The monoisotopic (exact) mass is 397 g/mol. The summed E-state index contributed by atoms with van der Waals surface area (Å²) in [5.41, 5.74) is 3.90. The molecule has 0 radical (unpaired) electrons. The second-order valence-electron chi connectivity index (χ2n) is 6.04. The van der Waals surface area contributed by atoms with Gasteiger partial charge in [-0.25, -0.2) is 4.98 Å². The molecule has 0 aliphatic heterocycles. The van der Waals surface area contributed by atoms with Crippen molar-refractivity contribution < 1.29 is 0 Å². The Kier molecular flexibility index (Phi) is 5.28. The number of hydrogen-bond acceptors (Lipinski definition) is 5. The Bertz CT molecular complexity index is 865. The lowest BCUT2D eigenvalue weighted by Crippen LogP contribution is -2.13. The van der Waals surface area contributed by atoms with Gasteiger partial charge in [0.05, 0.1) is 5.69 Å². The zero-order valence-electron chi connectivity index (χ0n) is 14.4. The van der Waals surface area contributed by atoms with E-state index < -0.39 is 0 Å². The summed E-state index contributed by atoms with van der Waals surface area (Å²) in [5.74, 6) is 1.32. The van der Waals surface area contributed by atoms with Crippen molar-refractivity contribution >= 4 is 33.4 Å². The van der Waals surface area contributed by atoms with Crippen LogP contribution in [-0.4, -0.2) is 21.0 Å². The van der Waals surface area contributed by atoms with Gasteiger partial charge in [0, 0.05) is 40.2 Å². The Morgan fingerprint density at radius 1 is 1.08 bits per heavy atom. The molecule has 5 nitrogen and oxygen atoms in total. The molecule has 0 unspecified atom stereocenters. The number of nitrogens with zero attached hydrogens (tertiary/aromatic N) is 3. The largest absolute Gasteiger partial charge is 0.352 e. The van der Waals surface area contributed by atoms with E-state index in [1.54, 1.807) is 12.4 Å². The molecule has 6 heteroatoms. The van der Waals surface area contributed by atoms with Crippen LogP contribution in [0.25, 0.3) is 11.3 Å². The molecule has 2 aromatic heterocycles. The molecule has 0 atom stereocenters. The first-order valence-corrected chi connectivity index (χ1v) is 8.90.